The molecule has 2 aliphatic heterocycles. The molecule has 27 heavy (non-hydrogen) atoms. The van der Waals surface area contributed by atoms with Crippen molar-refractivity contribution in [2.75, 3.05) is 24.5 Å². The average molecular weight is 384 g/mol. The minimum absolute atomic E-state index is 0.0446. The molecule has 5 nitrogen and oxygen atoms in total. The van der Waals surface area contributed by atoms with Gasteiger partial charge in [-0.2, -0.15) is 0 Å². The van der Waals surface area contributed by atoms with Crippen molar-refractivity contribution in [2.24, 2.45) is 5.92 Å². The topological polar surface area (TPSA) is 53.5 Å². The van der Waals surface area contributed by atoms with Crippen molar-refractivity contribution in [1.29, 1.82) is 0 Å². The summed E-state index contributed by atoms with van der Waals surface area (Å²) in [4.78, 5) is 35.0. The lowest BCUT2D eigenvalue weighted by atomic mass is 9.96. The molecule has 6 heteroatoms. The molecule has 0 radical (unpaired) electrons. The molecule has 0 aliphatic carbocycles. The Labute approximate surface area is 164 Å². The number of anilines is 1. The van der Waals surface area contributed by atoms with Crippen molar-refractivity contribution < 1.29 is 9.59 Å². The van der Waals surface area contributed by atoms with E-state index in [1.54, 1.807) is 16.2 Å². The van der Waals surface area contributed by atoms with E-state index in [0.717, 1.165) is 37.3 Å². The van der Waals surface area contributed by atoms with E-state index in [1.807, 2.05) is 35.2 Å². The molecule has 1 aromatic heterocycles. The van der Waals surface area contributed by atoms with Crippen LogP contribution in [0.3, 0.4) is 0 Å². The second-order valence-corrected chi connectivity index (χ2v) is 8.77. The van der Waals surface area contributed by atoms with Crippen LogP contribution in [0, 0.1) is 19.8 Å². The number of nitrogens with zero attached hydrogens (tertiary/aromatic N) is 3. The van der Waals surface area contributed by atoms with E-state index in [9.17, 15) is 9.59 Å². The van der Waals surface area contributed by atoms with E-state index >= 15 is 0 Å². The van der Waals surface area contributed by atoms with Gasteiger partial charge in [-0.05, 0) is 38.8 Å². The molecule has 2 amide bonds. The zero-order valence-electron chi connectivity index (χ0n) is 15.9. The van der Waals surface area contributed by atoms with Gasteiger partial charge in [0.2, 0.25) is 11.8 Å². The molecule has 3 heterocycles. The van der Waals surface area contributed by atoms with Gasteiger partial charge in [-0.3, -0.25) is 9.59 Å². The number of hydrogen-bond donors (Lipinski definition) is 0. The number of thiazole rings is 1. The fraction of sp³-hybridized carbons (Fsp3) is 0.476. The van der Waals surface area contributed by atoms with Gasteiger partial charge < -0.3 is 9.80 Å². The van der Waals surface area contributed by atoms with E-state index < -0.39 is 0 Å². The number of para-hydroxylation sites is 1. The van der Waals surface area contributed by atoms with Gasteiger partial charge in [0, 0.05) is 42.5 Å². The van der Waals surface area contributed by atoms with Crippen LogP contribution in [0.25, 0.3) is 0 Å². The molecule has 2 fully saturated rings. The van der Waals surface area contributed by atoms with Crippen molar-refractivity contribution >= 4 is 28.8 Å². The largest absolute Gasteiger partial charge is 0.342 e. The number of aryl methyl sites for hydroxylation is 2. The highest BCUT2D eigenvalue weighted by atomic mass is 32.1. The molecule has 1 atom stereocenters. The number of hydrogen-bond acceptors (Lipinski definition) is 4. The first-order chi connectivity index (χ1) is 13.0. The van der Waals surface area contributed by atoms with Crippen LogP contribution >= 0.6 is 11.3 Å². The van der Waals surface area contributed by atoms with Crippen LogP contribution in [0.4, 0.5) is 5.69 Å². The summed E-state index contributed by atoms with van der Waals surface area (Å²) in [6.45, 7) is 6.19. The molecule has 2 aliphatic rings. The Bertz CT molecular complexity index is 821. The maximum Gasteiger partial charge on any atom is 0.228 e. The summed E-state index contributed by atoms with van der Waals surface area (Å²) in [5.74, 6) is 0.408. The number of piperidine rings is 1. The minimum atomic E-state index is -0.224. The van der Waals surface area contributed by atoms with Crippen LogP contribution in [0.1, 0.15) is 40.8 Å². The number of likely N-dealkylation sites (tertiary alicyclic amines) is 1. The third-order valence-electron chi connectivity index (χ3n) is 5.74. The lowest BCUT2D eigenvalue weighted by Gasteiger charge is -2.32. The fourth-order valence-electron chi connectivity index (χ4n) is 4.01. The summed E-state index contributed by atoms with van der Waals surface area (Å²) in [6.07, 6.45) is 2.24. The Morgan fingerprint density at radius 3 is 2.48 bits per heavy atom. The molecular formula is C21H25N3O2S. The summed E-state index contributed by atoms with van der Waals surface area (Å²) >= 11 is 1.79. The first-order valence-corrected chi connectivity index (χ1v) is 10.4. The third-order valence-corrected chi connectivity index (χ3v) is 6.98. The molecule has 0 saturated carbocycles. The van der Waals surface area contributed by atoms with Crippen molar-refractivity contribution in [3.8, 4) is 0 Å². The Morgan fingerprint density at radius 1 is 1.15 bits per heavy atom. The number of benzene rings is 1. The quantitative estimate of drug-likeness (QED) is 0.815. The molecule has 1 unspecified atom stereocenters. The molecule has 0 bridgehead atoms. The summed E-state index contributed by atoms with van der Waals surface area (Å²) in [5, 5.41) is 1.21. The van der Waals surface area contributed by atoms with Gasteiger partial charge in [-0.25, -0.2) is 4.98 Å². The lowest BCUT2D eigenvalue weighted by Crippen LogP contribution is -2.42. The van der Waals surface area contributed by atoms with E-state index in [4.69, 9.17) is 4.98 Å². The van der Waals surface area contributed by atoms with Gasteiger partial charge >= 0.3 is 0 Å². The number of aromatic nitrogens is 1. The Morgan fingerprint density at radius 2 is 1.85 bits per heavy atom. The first-order valence-electron chi connectivity index (χ1n) is 9.61. The maximum atomic E-state index is 13.0. The van der Waals surface area contributed by atoms with Gasteiger partial charge in [0.15, 0.2) is 0 Å². The van der Waals surface area contributed by atoms with E-state index in [0.29, 0.717) is 18.9 Å². The van der Waals surface area contributed by atoms with Gasteiger partial charge in [0.1, 0.15) is 0 Å². The summed E-state index contributed by atoms with van der Waals surface area (Å²) < 4.78 is 0. The molecule has 1 aromatic carbocycles. The third kappa shape index (κ3) is 3.63. The summed E-state index contributed by atoms with van der Waals surface area (Å²) in [6, 6.07) is 9.62. The second-order valence-electron chi connectivity index (χ2n) is 7.53. The standard InChI is InChI=1S/C21H25N3O2S/c1-14-15(2)27-20(22-14)16-8-10-23(11-9-16)21(26)17-12-19(25)24(13-17)18-6-4-3-5-7-18/h3-7,16-17H,8-13H2,1-2H3. The highest BCUT2D eigenvalue weighted by molar-refractivity contribution is 7.11. The molecule has 0 spiro atoms. The first kappa shape index (κ1) is 18.2. The molecule has 0 N–H and O–H groups in total. The minimum Gasteiger partial charge on any atom is -0.342 e. The number of carbonyl (C=O) groups excluding carboxylic acids is 2. The number of carbonyl (C=O) groups is 2. The molecule has 2 aromatic rings. The average Bonchev–Trinajstić information content (AvgIpc) is 3.24. The molecule has 4 rings (SSSR count). The van der Waals surface area contributed by atoms with Crippen molar-refractivity contribution in [1.82, 2.24) is 9.88 Å². The van der Waals surface area contributed by atoms with Gasteiger partial charge in [-0.15, -0.1) is 11.3 Å². The van der Waals surface area contributed by atoms with Gasteiger partial charge in [0.25, 0.3) is 0 Å². The van der Waals surface area contributed by atoms with Crippen molar-refractivity contribution in [3.05, 3.63) is 45.9 Å². The van der Waals surface area contributed by atoms with Crippen molar-refractivity contribution in [2.45, 2.75) is 39.0 Å². The summed E-state index contributed by atoms with van der Waals surface area (Å²) in [5.41, 5.74) is 2.00. The number of amides is 2. The van der Waals surface area contributed by atoms with Gasteiger partial charge in [-0.1, -0.05) is 18.2 Å². The number of rotatable bonds is 3. The Balaban J connectivity index is 1.36. The van der Waals surface area contributed by atoms with E-state index in [-0.39, 0.29) is 17.7 Å². The van der Waals surface area contributed by atoms with Crippen LogP contribution < -0.4 is 4.90 Å². The monoisotopic (exact) mass is 383 g/mol. The molecule has 142 valence electrons. The predicted octanol–water partition coefficient (Wildman–Crippen LogP) is 3.52. The zero-order chi connectivity index (χ0) is 19.0. The highest BCUT2D eigenvalue weighted by Crippen LogP contribution is 2.33. The van der Waals surface area contributed by atoms with Crippen LogP contribution in [-0.4, -0.2) is 41.3 Å². The fourth-order valence-corrected chi connectivity index (χ4v) is 5.10. The van der Waals surface area contributed by atoms with Crippen LogP contribution in [0.15, 0.2) is 30.3 Å². The van der Waals surface area contributed by atoms with Gasteiger partial charge in [0.05, 0.1) is 16.6 Å². The Hall–Kier alpha value is -2.21. The second kappa shape index (κ2) is 7.43. The van der Waals surface area contributed by atoms with E-state index in [1.165, 1.54) is 9.88 Å². The van der Waals surface area contributed by atoms with E-state index in [2.05, 4.69) is 13.8 Å². The lowest BCUT2D eigenvalue weighted by molar-refractivity contribution is -0.136. The zero-order valence-corrected chi connectivity index (χ0v) is 16.7. The predicted molar refractivity (Wildman–Crippen MR) is 107 cm³/mol. The SMILES string of the molecule is Cc1nc(C2CCN(C(=O)C3CC(=O)N(c4ccccc4)C3)CC2)sc1C. The highest BCUT2D eigenvalue weighted by Gasteiger charge is 2.38. The van der Waals surface area contributed by atoms with Crippen LogP contribution in [-0.2, 0) is 9.59 Å². The molecular weight excluding hydrogens is 358 g/mol. The normalized spacial score (nSPS) is 21.1. The van der Waals surface area contributed by atoms with Crippen molar-refractivity contribution in [3.63, 3.8) is 0 Å². The van der Waals surface area contributed by atoms with Crippen LogP contribution in [0.5, 0.6) is 0 Å². The Kier molecular flexibility index (Phi) is 5.00. The smallest absolute Gasteiger partial charge is 0.228 e. The maximum absolute atomic E-state index is 13.0. The molecule has 2 saturated heterocycles. The van der Waals surface area contributed by atoms with Crippen LogP contribution in [0.2, 0.25) is 0 Å². The summed E-state index contributed by atoms with van der Waals surface area (Å²) in [7, 11) is 0.